The fraction of sp³-hybridized carbons (Fsp3) is 0.500. The third-order valence-corrected chi connectivity index (χ3v) is 6.58. The van der Waals surface area contributed by atoms with Gasteiger partial charge in [-0.05, 0) is 43.6 Å². The van der Waals surface area contributed by atoms with Crippen LogP contribution in [0.15, 0.2) is 33.5 Å². The van der Waals surface area contributed by atoms with Gasteiger partial charge in [0.25, 0.3) is 0 Å². The first kappa shape index (κ1) is 21.7. The molecule has 0 radical (unpaired) electrons. The van der Waals surface area contributed by atoms with Crippen molar-refractivity contribution in [3.8, 4) is 5.75 Å². The Balaban J connectivity index is 1.34. The average molecular weight is 452 g/mol. The summed E-state index contributed by atoms with van der Waals surface area (Å²) in [6.07, 6.45) is 2.36. The summed E-state index contributed by atoms with van der Waals surface area (Å²) in [5, 5.41) is 11.4. The second kappa shape index (κ2) is 9.71. The lowest BCUT2D eigenvalue weighted by atomic mass is 10.2. The predicted molar refractivity (Wildman–Crippen MR) is 118 cm³/mol. The van der Waals surface area contributed by atoms with E-state index in [1.165, 1.54) is 18.9 Å². The lowest BCUT2D eigenvalue weighted by molar-refractivity contribution is 0.113. The van der Waals surface area contributed by atoms with Crippen LogP contribution >= 0.6 is 23.2 Å². The van der Waals surface area contributed by atoms with Crippen LogP contribution in [0.5, 0.6) is 5.75 Å². The minimum atomic E-state index is -0.358. The van der Waals surface area contributed by atoms with Crippen molar-refractivity contribution < 1.29 is 9.52 Å². The number of piperazine rings is 1. The molecule has 2 aliphatic heterocycles. The molecule has 0 spiro atoms. The van der Waals surface area contributed by atoms with Gasteiger partial charge in [-0.1, -0.05) is 29.3 Å². The molecule has 162 valence electrons. The van der Waals surface area contributed by atoms with Gasteiger partial charge in [-0.2, -0.15) is 0 Å². The molecule has 4 rings (SSSR count). The highest BCUT2D eigenvalue weighted by Crippen LogP contribution is 2.24. The molecule has 0 amide bonds. The molecule has 0 atom stereocenters. The molecule has 1 aromatic heterocycles. The van der Waals surface area contributed by atoms with Crippen molar-refractivity contribution in [3.05, 3.63) is 61.6 Å². The van der Waals surface area contributed by atoms with Crippen LogP contribution in [0.3, 0.4) is 0 Å². The van der Waals surface area contributed by atoms with Crippen LogP contribution in [-0.2, 0) is 19.6 Å². The monoisotopic (exact) mass is 451 g/mol. The molecule has 0 aliphatic carbocycles. The summed E-state index contributed by atoms with van der Waals surface area (Å²) in [5.41, 5.74) is 0.778. The van der Waals surface area contributed by atoms with Crippen molar-refractivity contribution in [2.24, 2.45) is 0 Å². The maximum atomic E-state index is 12.2. The van der Waals surface area contributed by atoms with E-state index in [1.54, 1.807) is 0 Å². The first-order valence-corrected chi connectivity index (χ1v) is 11.2. The number of hydrogen-bond donors (Lipinski definition) is 1. The molecule has 2 fully saturated rings. The van der Waals surface area contributed by atoms with Gasteiger partial charge in [0.2, 0.25) is 11.2 Å². The molecule has 30 heavy (non-hydrogen) atoms. The minimum Gasteiger partial charge on any atom is -0.502 e. The highest BCUT2D eigenvalue weighted by atomic mass is 35.5. The van der Waals surface area contributed by atoms with Crippen molar-refractivity contribution in [2.75, 3.05) is 39.3 Å². The van der Waals surface area contributed by atoms with E-state index in [2.05, 4.69) is 14.7 Å². The van der Waals surface area contributed by atoms with E-state index in [1.807, 2.05) is 18.2 Å². The van der Waals surface area contributed by atoms with Gasteiger partial charge in [-0.3, -0.25) is 19.5 Å². The van der Waals surface area contributed by atoms with Crippen molar-refractivity contribution >= 4 is 23.2 Å². The Bertz CT molecular complexity index is 936. The zero-order valence-electron chi connectivity index (χ0n) is 16.9. The largest absolute Gasteiger partial charge is 0.502 e. The number of rotatable bonds is 6. The molecule has 1 N–H and O–H groups in total. The molecular weight excluding hydrogens is 425 g/mol. The van der Waals surface area contributed by atoms with Crippen LogP contribution in [-0.4, -0.2) is 59.1 Å². The number of halogens is 2. The van der Waals surface area contributed by atoms with Gasteiger partial charge in [0.05, 0.1) is 23.1 Å². The number of hydrogen-bond acceptors (Lipinski definition) is 6. The smallest absolute Gasteiger partial charge is 0.227 e. The van der Waals surface area contributed by atoms with E-state index >= 15 is 0 Å². The number of likely N-dealkylation sites (tertiary alicyclic amines) is 1. The maximum absolute atomic E-state index is 12.2. The van der Waals surface area contributed by atoms with Crippen molar-refractivity contribution in [1.29, 1.82) is 0 Å². The Hall–Kier alpha value is -1.57. The first-order chi connectivity index (χ1) is 14.5. The normalized spacial score (nSPS) is 18.9. The summed E-state index contributed by atoms with van der Waals surface area (Å²) in [6, 6.07) is 7.16. The summed E-state index contributed by atoms with van der Waals surface area (Å²) in [6.45, 7) is 7.38. The molecule has 0 saturated carbocycles. The summed E-state index contributed by atoms with van der Waals surface area (Å²) in [4.78, 5) is 19.1. The standard InChI is InChI=1S/C22H27Cl2N3O3/c23-18-4-3-16(11-19(18)24)13-26-7-9-27(10-8-26)15-21-22(29)20(28)12-17(30-21)14-25-5-1-2-6-25/h3-4,11-12,29H,1-2,5-10,13-15H2. The lowest BCUT2D eigenvalue weighted by Crippen LogP contribution is -2.45. The van der Waals surface area contributed by atoms with Crippen LogP contribution in [0, 0.1) is 0 Å². The van der Waals surface area contributed by atoms with E-state index in [0.29, 0.717) is 34.7 Å². The van der Waals surface area contributed by atoms with Crippen LogP contribution in [0.4, 0.5) is 0 Å². The van der Waals surface area contributed by atoms with E-state index in [4.69, 9.17) is 27.6 Å². The fourth-order valence-electron chi connectivity index (χ4n) is 4.14. The van der Waals surface area contributed by atoms with Gasteiger partial charge < -0.3 is 9.52 Å². The van der Waals surface area contributed by atoms with Gasteiger partial charge in [0, 0.05) is 38.8 Å². The summed E-state index contributed by atoms with van der Waals surface area (Å²) >= 11 is 12.1. The van der Waals surface area contributed by atoms with E-state index in [9.17, 15) is 9.90 Å². The van der Waals surface area contributed by atoms with Crippen LogP contribution < -0.4 is 5.43 Å². The highest BCUT2D eigenvalue weighted by Gasteiger charge is 2.22. The zero-order chi connectivity index (χ0) is 21.1. The molecule has 1 aromatic carbocycles. The molecule has 3 heterocycles. The number of benzene rings is 1. The molecule has 8 heteroatoms. The third kappa shape index (κ3) is 5.37. The second-order valence-corrected chi connectivity index (χ2v) is 8.95. The molecular formula is C22H27Cl2N3O3. The van der Waals surface area contributed by atoms with E-state index in [0.717, 1.165) is 51.4 Å². The topological polar surface area (TPSA) is 60.2 Å². The fourth-order valence-corrected chi connectivity index (χ4v) is 4.46. The van der Waals surface area contributed by atoms with Crippen LogP contribution in [0.1, 0.15) is 29.9 Å². The quantitative estimate of drug-likeness (QED) is 0.724. The minimum absolute atomic E-state index is 0.265. The highest BCUT2D eigenvalue weighted by molar-refractivity contribution is 6.42. The molecule has 6 nitrogen and oxygen atoms in total. The Morgan fingerprint density at radius 3 is 2.13 bits per heavy atom. The van der Waals surface area contributed by atoms with Crippen LogP contribution in [0.25, 0.3) is 0 Å². The number of nitrogens with zero attached hydrogens (tertiary/aromatic N) is 3. The Morgan fingerprint density at radius 1 is 0.833 bits per heavy atom. The number of aromatic hydroxyl groups is 1. The third-order valence-electron chi connectivity index (χ3n) is 5.84. The zero-order valence-corrected chi connectivity index (χ0v) is 18.5. The lowest BCUT2D eigenvalue weighted by Gasteiger charge is -2.34. The van der Waals surface area contributed by atoms with E-state index < -0.39 is 0 Å². The average Bonchev–Trinajstić information content (AvgIpc) is 3.23. The maximum Gasteiger partial charge on any atom is 0.227 e. The molecule has 2 saturated heterocycles. The molecule has 0 bridgehead atoms. The molecule has 2 aliphatic rings. The van der Waals surface area contributed by atoms with Crippen molar-refractivity contribution in [3.63, 3.8) is 0 Å². The van der Waals surface area contributed by atoms with E-state index in [-0.39, 0.29) is 11.2 Å². The summed E-state index contributed by atoms with van der Waals surface area (Å²) in [5.74, 6) is 0.737. The van der Waals surface area contributed by atoms with Crippen LogP contribution in [0.2, 0.25) is 10.0 Å². The Morgan fingerprint density at radius 2 is 1.47 bits per heavy atom. The first-order valence-electron chi connectivity index (χ1n) is 10.4. The molecule has 0 unspecified atom stereocenters. The summed E-state index contributed by atoms with van der Waals surface area (Å²) in [7, 11) is 0. The summed E-state index contributed by atoms with van der Waals surface area (Å²) < 4.78 is 5.93. The van der Waals surface area contributed by atoms with Crippen molar-refractivity contribution in [1.82, 2.24) is 14.7 Å². The SMILES string of the molecule is O=c1cc(CN2CCCC2)oc(CN2CCN(Cc3ccc(Cl)c(Cl)c3)CC2)c1O. The Labute approximate surface area is 186 Å². The van der Waals surface area contributed by atoms with Gasteiger partial charge in [-0.25, -0.2) is 0 Å². The Kier molecular flexibility index (Phi) is 7.01. The van der Waals surface area contributed by atoms with Gasteiger partial charge >= 0.3 is 0 Å². The predicted octanol–water partition coefficient (Wildman–Crippen LogP) is 3.57. The van der Waals surface area contributed by atoms with Crippen molar-refractivity contribution in [2.45, 2.75) is 32.5 Å². The second-order valence-electron chi connectivity index (χ2n) is 8.13. The van der Waals surface area contributed by atoms with Gasteiger partial charge in [0.1, 0.15) is 5.76 Å². The van der Waals surface area contributed by atoms with Gasteiger partial charge in [-0.15, -0.1) is 0 Å². The van der Waals surface area contributed by atoms with Gasteiger partial charge in [0.15, 0.2) is 5.76 Å². The molecule has 2 aromatic rings.